The number of H-pyrrole nitrogens is 1. The monoisotopic (exact) mass is 291 g/mol. The molecule has 2 aromatic rings. The minimum atomic E-state index is 0.785. The molecule has 1 aromatic heterocycles. The van der Waals surface area contributed by atoms with Gasteiger partial charge in [-0.1, -0.05) is 17.7 Å². The molecule has 0 saturated carbocycles. The smallest absolute Gasteiger partial charge is 0.0472 e. The molecule has 1 aliphatic rings. The Labute approximate surface area is 125 Å². The molecule has 0 bridgehead atoms. The standard InChI is InChI=1S/C16H22ClN3/c1-20(10-12-3-2-6-18-8-12)11-13-9-19-16-7-14(17)4-5-15(13)16/h4-5,7,9,12,18-19H,2-3,6,8,10-11H2,1H3. The summed E-state index contributed by atoms with van der Waals surface area (Å²) >= 11 is 6.03. The van der Waals surface area contributed by atoms with Gasteiger partial charge in [0.2, 0.25) is 0 Å². The summed E-state index contributed by atoms with van der Waals surface area (Å²) in [5, 5.41) is 5.55. The van der Waals surface area contributed by atoms with Crippen LogP contribution in [-0.4, -0.2) is 36.6 Å². The van der Waals surface area contributed by atoms with Crippen LogP contribution in [0.3, 0.4) is 0 Å². The van der Waals surface area contributed by atoms with Crippen molar-refractivity contribution >= 4 is 22.5 Å². The van der Waals surface area contributed by atoms with Gasteiger partial charge in [0.25, 0.3) is 0 Å². The summed E-state index contributed by atoms with van der Waals surface area (Å²) in [6, 6.07) is 6.07. The van der Waals surface area contributed by atoms with E-state index in [9.17, 15) is 0 Å². The van der Waals surface area contributed by atoms with Gasteiger partial charge < -0.3 is 15.2 Å². The van der Waals surface area contributed by atoms with E-state index in [1.807, 2.05) is 12.1 Å². The Balaban J connectivity index is 1.66. The van der Waals surface area contributed by atoms with E-state index >= 15 is 0 Å². The number of rotatable bonds is 4. The second kappa shape index (κ2) is 6.17. The quantitative estimate of drug-likeness (QED) is 0.906. The molecule has 0 spiro atoms. The Bertz CT molecular complexity index is 572. The van der Waals surface area contributed by atoms with Crippen LogP contribution in [0.5, 0.6) is 0 Å². The van der Waals surface area contributed by atoms with Gasteiger partial charge in [-0.2, -0.15) is 0 Å². The van der Waals surface area contributed by atoms with Gasteiger partial charge in [-0.25, -0.2) is 0 Å². The van der Waals surface area contributed by atoms with Crippen LogP contribution in [0.4, 0.5) is 0 Å². The van der Waals surface area contributed by atoms with Crippen molar-refractivity contribution < 1.29 is 0 Å². The minimum Gasteiger partial charge on any atom is -0.361 e. The molecule has 3 rings (SSSR count). The lowest BCUT2D eigenvalue weighted by Crippen LogP contribution is -2.36. The number of halogens is 1. The number of fused-ring (bicyclic) bond motifs is 1. The molecule has 1 atom stereocenters. The Morgan fingerprint density at radius 3 is 3.10 bits per heavy atom. The average molecular weight is 292 g/mol. The second-order valence-electron chi connectivity index (χ2n) is 5.91. The van der Waals surface area contributed by atoms with Crippen LogP contribution in [0.2, 0.25) is 5.02 Å². The highest BCUT2D eigenvalue weighted by molar-refractivity contribution is 6.31. The van der Waals surface area contributed by atoms with E-state index in [1.54, 1.807) is 0 Å². The zero-order chi connectivity index (χ0) is 13.9. The van der Waals surface area contributed by atoms with Gasteiger partial charge in [-0.15, -0.1) is 0 Å². The van der Waals surface area contributed by atoms with E-state index in [-0.39, 0.29) is 0 Å². The molecule has 3 nitrogen and oxygen atoms in total. The molecule has 1 unspecified atom stereocenters. The van der Waals surface area contributed by atoms with Crippen molar-refractivity contribution in [1.82, 2.24) is 15.2 Å². The molecule has 1 saturated heterocycles. The largest absolute Gasteiger partial charge is 0.361 e. The number of aromatic nitrogens is 1. The van der Waals surface area contributed by atoms with Gasteiger partial charge in [0.15, 0.2) is 0 Å². The summed E-state index contributed by atoms with van der Waals surface area (Å²) in [4.78, 5) is 5.74. The maximum atomic E-state index is 6.03. The minimum absolute atomic E-state index is 0.785. The predicted molar refractivity (Wildman–Crippen MR) is 85.2 cm³/mol. The molecule has 20 heavy (non-hydrogen) atoms. The highest BCUT2D eigenvalue weighted by Gasteiger charge is 2.15. The number of hydrogen-bond acceptors (Lipinski definition) is 2. The van der Waals surface area contributed by atoms with Gasteiger partial charge in [0.05, 0.1) is 0 Å². The van der Waals surface area contributed by atoms with Crippen molar-refractivity contribution in [1.29, 1.82) is 0 Å². The summed E-state index contributed by atoms with van der Waals surface area (Å²) in [5.41, 5.74) is 2.48. The SMILES string of the molecule is CN(Cc1c[nH]c2cc(Cl)ccc12)CC1CCCNC1. The molecule has 1 aromatic carbocycles. The average Bonchev–Trinajstić information content (AvgIpc) is 2.82. The topological polar surface area (TPSA) is 31.1 Å². The van der Waals surface area contributed by atoms with Crippen molar-refractivity contribution in [2.75, 3.05) is 26.7 Å². The van der Waals surface area contributed by atoms with Crippen LogP contribution in [0.1, 0.15) is 18.4 Å². The number of benzene rings is 1. The molecule has 4 heteroatoms. The zero-order valence-corrected chi connectivity index (χ0v) is 12.7. The third-order valence-corrected chi connectivity index (χ3v) is 4.37. The lowest BCUT2D eigenvalue weighted by atomic mass is 9.99. The molecule has 2 N–H and O–H groups in total. The first kappa shape index (κ1) is 13.9. The van der Waals surface area contributed by atoms with Crippen molar-refractivity contribution in [3.63, 3.8) is 0 Å². The fraction of sp³-hybridized carbons (Fsp3) is 0.500. The molecule has 2 heterocycles. The number of hydrogen-bond donors (Lipinski definition) is 2. The van der Waals surface area contributed by atoms with Gasteiger partial charge >= 0.3 is 0 Å². The normalized spacial score (nSPS) is 19.9. The first-order chi connectivity index (χ1) is 9.72. The summed E-state index contributed by atoms with van der Waals surface area (Å²) < 4.78 is 0. The molecule has 1 aliphatic heterocycles. The van der Waals surface area contributed by atoms with Gasteiger partial charge in [-0.3, -0.25) is 0 Å². The third-order valence-electron chi connectivity index (χ3n) is 4.14. The van der Waals surface area contributed by atoms with E-state index in [1.165, 1.54) is 30.3 Å². The number of nitrogens with zero attached hydrogens (tertiary/aromatic N) is 1. The summed E-state index contributed by atoms with van der Waals surface area (Å²) in [6.45, 7) is 4.49. The first-order valence-electron chi connectivity index (χ1n) is 7.37. The maximum absolute atomic E-state index is 6.03. The van der Waals surface area contributed by atoms with E-state index in [4.69, 9.17) is 11.6 Å². The number of aromatic amines is 1. The molecule has 0 aliphatic carbocycles. The van der Waals surface area contributed by atoms with Crippen LogP contribution >= 0.6 is 11.6 Å². The van der Waals surface area contributed by atoms with Crippen molar-refractivity contribution in [2.24, 2.45) is 5.92 Å². The van der Waals surface area contributed by atoms with Crippen LogP contribution in [0.15, 0.2) is 24.4 Å². The number of nitrogens with one attached hydrogen (secondary N) is 2. The maximum Gasteiger partial charge on any atom is 0.0472 e. The van der Waals surface area contributed by atoms with E-state index in [0.29, 0.717) is 0 Å². The first-order valence-corrected chi connectivity index (χ1v) is 7.75. The van der Waals surface area contributed by atoms with E-state index < -0.39 is 0 Å². The van der Waals surface area contributed by atoms with Crippen molar-refractivity contribution in [3.8, 4) is 0 Å². The van der Waals surface area contributed by atoms with Crippen LogP contribution < -0.4 is 5.32 Å². The zero-order valence-electron chi connectivity index (χ0n) is 12.0. The summed E-state index contributed by atoms with van der Waals surface area (Å²) in [5.74, 6) is 0.786. The van der Waals surface area contributed by atoms with E-state index in [0.717, 1.165) is 36.1 Å². The van der Waals surface area contributed by atoms with Gasteiger partial charge in [0.1, 0.15) is 0 Å². The van der Waals surface area contributed by atoms with Crippen molar-refractivity contribution in [3.05, 3.63) is 35.0 Å². The predicted octanol–water partition coefficient (Wildman–Crippen LogP) is 3.25. The molecular formula is C16H22ClN3. The van der Waals surface area contributed by atoms with Crippen LogP contribution in [-0.2, 0) is 6.54 Å². The van der Waals surface area contributed by atoms with Crippen LogP contribution in [0, 0.1) is 5.92 Å². The highest BCUT2D eigenvalue weighted by atomic mass is 35.5. The van der Waals surface area contributed by atoms with Gasteiger partial charge in [0, 0.05) is 35.2 Å². The lowest BCUT2D eigenvalue weighted by molar-refractivity contribution is 0.238. The Morgan fingerprint density at radius 2 is 2.30 bits per heavy atom. The molecule has 108 valence electrons. The molecule has 1 fully saturated rings. The second-order valence-corrected chi connectivity index (χ2v) is 6.35. The Morgan fingerprint density at radius 1 is 1.40 bits per heavy atom. The lowest BCUT2D eigenvalue weighted by Gasteiger charge is -2.27. The fourth-order valence-corrected chi connectivity index (χ4v) is 3.34. The fourth-order valence-electron chi connectivity index (χ4n) is 3.17. The van der Waals surface area contributed by atoms with Crippen LogP contribution in [0.25, 0.3) is 10.9 Å². The summed E-state index contributed by atoms with van der Waals surface area (Å²) in [7, 11) is 2.21. The molecule has 0 radical (unpaired) electrons. The number of piperidine rings is 1. The molecule has 0 amide bonds. The third kappa shape index (κ3) is 3.17. The Kier molecular flexibility index (Phi) is 4.29. The summed E-state index contributed by atoms with van der Waals surface area (Å²) in [6.07, 6.45) is 4.77. The highest BCUT2D eigenvalue weighted by Crippen LogP contribution is 2.23. The van der Waals surface area contributed by atoms with Crippen molar-refractivity contribution in [2.45, 2.75) is 19.4 Å². The Hall–Kier alpha value is -1.03. The molecular weight excluding hydrogens is 270 g/mol. The van der Waals surface area contributed by atoms with Gasteiger partial charge in [-0.05, 0) is 56.6 Å². The van der Waals surface area contributed by atoms with E-state index in [2.05, 4.69) is 34.5 Å².